The van der Waals surface area contributed by atoms with Crippen LogP contribution in [0.1, 0.15) is 11.3 Å². The molecule has 0 amide bonds. The zero-order chi connectivity index (χ0) is 16.2. The Kier molecular flexibility index (Phi) is 4.69. The van der Waals surface area contributed by atoms with E-state index in [0.29, 0.717) is 18.1 Å². The molecule has 3 aromatic rings. The van der Waals surface area contributed by atoms with Crippen LogP contribution in [-0.4, -0.2) is 22.0 Å². The van der Waals surface area contributed by atoms with Gasteiger partial charge < -0.3 is 5.32 Å². The Bertz CT molecular complexity index is 802. The van der Waals surface area contributed by atoms with Gasteiger partial charge in [-0.15, -0.1) is 0 Å². The molecule has 3 rings (SSSR count). The zero-order valence-electron chi connectivity index (χ0n) is 12.6. The Balaban J connectivity index is 1.94. The molecule has 0 fully saturated rings. The molecule has 0 saturated carbocycles. The van der Waals surface area contributed by atoms with Gasteiger partial charge in [0.05, 0.1) is 6.54 Å². The molecule has 118 valence electrons. The Morgan fingerprint density at radius 2 is 1.91 bits per heavy atom. The van der Waals surface area contributed by atoms with Gasteiger partial charge in [0.2, 0.25) is 0 Å². The second kappa shape index (κ2) is 6.89. The number of halogens is 2. The smallest absolute Gasteiger partial charge is 0.124 e. The molecule has 6 heteroatoms. The van der Waals surface area contributed by atoms with E-state index in [0.717, 1.165) is 22.5 Å². The maximum absolute atomic E-state index is 13.1. The van der Waals surface area contributed by atoms with Gasteiger partial charge in [0.15, 0.2) is 0 Å². The lowest BCUT2D eigenvalue weighted by molar-refractivity contribution is 0.579. The Hall–Kier alpha value is -2.24. The van der Waals surface area contributed by atoms with Crippen LogP contribution in [0.5, 0.6) is 0 Å². The molecule has 4 nitrogen and oxygen atoms in total. The van der Waals surface area contributed by atoms with Crippen LogP contribution >= 0.6 is 11.6 Å². The van der Waals surface area contributed by atoms with Crippen molar-refractivity contribution in [3.05, 3.63) is 70.6 Å². The van der Waals surface area contributed by atoms with Gasteiger partial charge in [-0.1, -0.05) is 48.0 Å². The number of aromatic nitrogens is 3. The summed E-state index contributed by atoms with van der Waals surface area (Å²) >= 11 is 6.08. The van der Waals surface area contributed by atoms with E-state index in [1.165, 1.54) is 12.1 Å². The molecule has 2 aromatic carbocycles. The van der Waals surface area contributed by atoms with Crippen LogP contribution in [0.4, 0.5) is 4.39 Å². The lowest BCUT2D eigenvalue weighted by atomic mass is 10.1. The van der Waals surface area contributed by atoms with E-state index in [-0.39, 0.29) is 5.82 Å². The standard InChI is InChI=1S/C17H16ClFN4/c1-20-10-16-17(12-5-3-2-4-6-12)22-23(21-16)11-13-7-8-14(19)9-15(13)18/h2-9,20H,10-11H2,1H3. The molecule has 0 spiro atoms. The van der Waals surface area contributed by atoms with E-state index < -0.39 is 0 Å². The number of nitrogens with zero attached hydrogens (tertiary/aromatic N) is 3. The van der Waals surface area contributed by atoms with Crippen LogP contribution in [-0.2, 0) is 13.1 Å². The minimum Gasteiger partial charge on any atom is -0.314 e. The van der Waals surface area contributed by atoms with E-state index >= 15 is 0 Å². The fourth-order valence-corrected chi connectivity index (χ4v) is 2.59. The summed E-state index contributed by atoms with van der Waals surface area (Å²) in [5.74, 6) is -0.354. The first-order valence-corrected chi connectivity index (χ1v) is 7.63. The van der Waals surface area contributed by atoms with Crippen LogP contribution < -0.4 is 5.32 Å². The first kappa shape index (κ1) is 15.6. The summed E-state index contributed by atoms with van der Waals surface area (Å²) < 4.78 is 13.1. The van der Waals surface area contributed by atoms with E-state index in [1.807, 2.05) is 37.4 Å². The third-order valence-corrected chi connectivity index (χ3v) is 3.80. The molecule has 1 N–H and O–H groups in total. The predicted octanol–water partition coefficient (Wildman–Crippen LogP) is 3.51. The predicted molar refractivity (Wildman–Crippen MR) is 88.7 cm³/mol. The summed E-state index contributed by atoms with van der Waals surface area (Å²) in [7, 11) is 1.87. The number of benzene rings is 2. The SMILES string of the molecule is CNCc1nn(Cc2ccc(F)cc2Cl)nc1-c1ccccc1. The highest BCUT2D eigenvalue weighted by Gasteiger charge is 2.13. The Labute approximate surface area is 138 Å². The number of hydrogen-bond donors (Lipinski definition) is 1. The zero-order valence-corrected chi connectivity index (χ0v) is 13.4. The van der Waals surface area contributed by atoms with Gasteiger partial charge in [0, 0.05) is 17.1 Å². The highest BCUT2D eigenvalue weighted by atomic mass is 35.5. The van der Waals surface area contributed by atoms with E-state index in [9.17, 15) is 4.39 Å². The maximum Gasteiger partial charge on any atom is 0.124 e. The molecule has 0 atom stereocenters. The normalized spacial score (nSPS) is 10.9. The molecule has 0 unspecified atom stereocenters. The summed E-state index contributed by atoms with van der Waals surface area (Å²) in [6.45, 7) is 1.00. The van der Waals surface area contributed by atoms with Crippen molar-refractivity contribution in [3.8, 4) is 11.3 Å². The van der Waals surface area contributed by atoms with Crippen molar-refractivity contribution in [3.63, 3.8) is 0 Å². The van der Waals surface area contributed by atoms with Crippen LogP contribution in [0.3, 0.4) is 0 Å². The first-order chi connectivity index (χ1) is 11.2. The second-order valence-corrected chi connectivity index (χ2v) is 5.56. The molecule has 1 heterocycles. The molecule has 0 aliphatic heterocycles. The van der Waals surface area contributed by atoms with Crippen molar-refractivity contribution in [2.75, 3.05) is 7.05 Å². The highest BCUT2D eigenvalue weighted by molar-refractivity contribution is 6.31. The van der Waals surface area contributed by atoms with E-state index in [1.54, 1.807) is 10.9 Å². The topological polar surface area (TPSA) is 42.7 Å². The quantitative estimate of drug-likeness (QED) is 0.778. The van der Waals surface area contributed by atoms with Gasteiger partial charge in [0.1, 0.15) is 17.2 Å². The van der Waals surface area contributed by atoms with Gasteiger partial charge in [0.25, 0.3) is 0 Å². The molecule has 1 aromatic heterocycles. The van der Waals surface area contributed by atoms with E-state index in [4.69, 9.17) is 11.6 Å². The van der Waals surface area contributed by atoms with Gasteiger partial charge in [-0.05, 0) is 24.7 Å². The van der Waals surface area contributed by atoms with E-state index in [2.05, 4.69) is 15.5 Å². The van der Waals surface area contributed by atoms with Crippen molar-refractivity contribution >= 4 is 11.6 Å². The van der Waals surface area contributed by atoms with Crippen molar-refractivity contribution in [2.45, 2.75) is 13.1 Å². The largest absolute Gasteiger partial charge is 0.314 e. The number of nitrogens with one attached hydrogen (secondary N) is 1. The molecular formula is C17H16ClFN4. The highest BCUT2D eigenvalue weighted by Crippen LogP contribution is 2.22. The minimum atomic E-state index is -0.354. The van der Waals surface area contributed by atoms with Crippen molar-refractivity contribution in [1.29, 1.82) is 0 Å². The summed E-state index contributed by atoms with van der Waals surface area (Å²) in [4.78, 5) is 1.59. The summed E-state index contributed by atoms with van der Waals surface area (Å²) in [6.07, 6.45) is 0. The molecule has 0 aliphatic rings. The molecule has 0 saturated heterocycles. The average molecular weight is 331 g/mol. The third-order valence-electron chi connectivity index (χ3n) is 3.44. The van der Waals surface area contributed by atoms with Crippen LogP contribution in [0.25, 0.3) is 11.3 Å². The van der Waals surface area contributed by atoms with Gasteiger partial charge in [-0.2, -0.15) is 15.0 Å². The van der Waals surface area contributed by atoms with Gasteiger partial charge in [-0.25, -0.2) is 4.39 Å². The summed E-state index contributed by atoms with van der Waals surface area (Å²) in [5.41, 5.74) is 3.48. The molecule has 0 bridgehead atoms. The fourth-order valence-electron chi connectivity index (χ4n) is 2.36. The lowest BCUT2D eigenvalue weighted by Crippen LogP contribution is -2.08. The molecule has 23 heavy (non-hydrogen) atoms. The van der Waals surface area contributed by atoms with Crippen LogP contribution in [0.2, 0.25) is 5.02 Å². The first-order valence-electron chi connectivity index (χ1n) is 7.25. The number of hydrogen-bond acceptors (Lipinski definition) is 3. The van der Waals surface area contributed by atoms with Crippen molar-refractivity contribution < 1.29 is 4.39 Å². The second-order valence-electron chi connectivity index (χ2n) is 5.16. The lowest BCUT2D eigenvalue weighted by Gasteiger charge is -2.03. The maximum atomic E-state index is 13.1. The van der Waals surface area contributed by atoms with Crippen LogP contribution in [0, 0.1) is 5.82 Å². The van der Waals surface area contributed by atoms with Gasteiger partial charge in [-0.3, -0.25) is 0 Å². The molecular weight excluding hydrogens is 315 g/mol. The van der Waals surface area contributed by atoms with Crippen LogP contribution in [0.15, 0.2) is 48.5 Å². The van der Waals surface area contributed by atoms with Crippen molar-refractivity contribution in [1.82, 2.24) is 20.3 Å². The Morgan fingerprint density at radius 1 is 1.13 bits per heavy atom. The third kappa shape index (κ3) is 3.57. The summed E-state index contributed by atoms with van der Waals surface area (Å²) in [6, 6.07) is 14.2. The van der Waals surface area contributed by atoms with Gasteiger partial charge >= 0.3 is 0 Å². The summed E-state index contributed by atoms with van der Waals surface area (Å²) in [5, 5.41) is 12.6. The molecule has 0 radical (unpaired) electrons. The number of rotatable bonds is 5. The van der Waals surface area contributed by atoms with Crippen molar-refractivity contribution in [2.24, 2.45) is 0 Å². The molecule has 0 aliphatic carbocycles. The average Bonchev–Trinajstić information content (AvgIpc) is 2.94. The Morgan fingerprint density at radius 3 is 2.61 bits per heavy atom. The minimum absolute atomic E-state index is 0.354. The fraction of sp³-hybridized carbons (Fsp3) is 0.176. The monoisotopic (exact) mass is 330 g/mol.